The molecule has 8 rings (SSSR count). The minimum absolute atomic E-state index is 0.0764. The van der Waals surface area contributed by atoms with E-state index in [4.69, 9.17) is 9.47 Å². The number of likely N-dealkylation sites (tertiary alicyclic amines) is 1. The number of aldehydes is 2. The number of aryl methyl sites for hydroxylation is 2. The standard InChI is InChI=1S/C27H29NO3.C18H21NO.C9H9BrO2/c1-20-16-21(26(30)22(17-20)19-29)18-28-15-9-14-25(28)27(31-2,23-10-5-3-6-11-23)24-12-7-4-8-13-24;1-20-18(17-13-8-14-19-17,15-9-4-2-5-10-15)16-11-6-3-7-12-16;1-6-2-7(4-10)9(12)8(3-6)5-11/h3-8,10-13,16-17,19,25,30H,9,14-15,18H2,1-2H3;2-7,9-12,17,19H,8,13-14H2,1H3;2-3,5,12H,4H2,1H3/t25-;17-;/m00./s1. The van der Waals surface area contributed by atoms with Gasteiger partial charge in [-0.3, -0.25) is 14.5 Å². The molecule has 6 aromatic rings. The van der Waals surface area contributed by atoms with Crippen LogP contribution < -0.4 is 5.32 Å². The molecule has 0 unspecified atom stereocenters. The summed E-state index contributed by atoms with van der Waals surface area (Å²) in [6.07, 6.45) is 5.75. The van der Waals surface area contributed by atoms with Crippen LogP contribution in [0, 0.1) is 13.8 Å². The summed E-state index contributed by atoms with van der Waals surface area (Å²) in [5.74, 6) is 0.154. The maximum absolute atomic E-state index is 11.4. The van der Waals surface area contributed by atoms with Crippen LogP contribution in [-0.2, 0) is 32.6 Å². The highest BCUT2D eigenvalue weighted by Crippen LogP contribution is 2.44. The lowest BCUT2D eigenvalue weighted by molar-refractivity contribution is -0.0442. The molecule has 8 nitrogen and oxygen atoms in total. The number of halogens is 1. The normalized spacial score (nSPS) is 16.3. The summed E-state index contributed by atoms with van der Waals surface area (Å²) < 4.78 is 12.5. The number of rotatable bonds is 13. The number of carbonyl (C=O) groups is 2. The number of methoxy groups -OCH3 is 2. The summed E-state index contributed by atoms with van der Waals surface area (Å²) in [6.45, 7) is 6.36. The number of nitrogens with zero attached hydrogens (tertiary/aromatic N) is 1. The Hall–Kier alpha value is -5.42. The minimum atomic E-state index is -0.633. The monoisotopic (exact) mass is 910 g/mol. The molecule has 2 atom stereocenters. The van der Waals surface area contributed by atoms with Gasteiger partial charge in [0.05, 0.1) is 11.1 Å². The summed E-state index contributed by atoms with van der Waals surface area (Å²) in [6, 6.07) is 49.4. The van der Waals surface area contributed by atoms with Crippen LogP contribution in [-0.4, -0.2) is 67.1 Å². The van der Waals surface area contributed by atoms with Crippen LogP contribution in [0.15, 0.2) is 146 Å². The zero-order chi connectivity index (χ0) is 44.8. The maximum Gasteiger partial charge on any atom is 0.153 e. The van der Waals surface area contributed by atoms with E-state index in [-0.39, 0.29) is 17.5 Å². The van der Waals surface area contributed by atoms with Gasteiger partial charge in [0.15, 0.2) is 12.6 Å². The molecule has 2 fully saturated rings. The largest absolute Gasteiger partial charge is 0.507 e. The van der Waals surface area contributed by atoms with E-state index in [0.29, 0.717) is 35.3 Å². The topological polar surface area (TPSA) is 108 Å². The minimum Gasteiger partial charge on any atom is -0.507 e. The number of phenols is 2. The molecule has 0 aliphatic carbocycles. The molecule has 6 aromatic carbocycles. The first kappa shape index (κ1) is 47.1. The average molecular weight is 912 g/mol. The van der Waals surface area contributed by atoms with E-state index in [1.165, 1.54) is 17.5 Å². The van der Waals surface area contributed by atoms with Crippen LogP contribution in [0.5, 0.6) is 11.5 Å². The number of aromatic hydroxyl groups is 2. The number of nitrogens with one attached hydrogen (secondary N) is 1. The first-order chi connectivity index (χ1) is 30.7. The fraction of sp³-hybridized carbons (Fsp3) is 0.296. The van der Waals surface area contributed by atoms with Crippen molar-refractivity contribution < 1.29 is 29.3 Å². The van der Waals surface area contributed by atoms with Gasteiger partial charge in [0.2, 0.25) is 0 Å². The van der Waals surface area contributed by atoms with Crippen molar-refractivity contribution in [3.05, 3.63) is 201 Å². The second-order valence-corrected chi connectivity index (χ2v) is 16.8. The second-order valence-electron chi connectivity index (χ2n) is 16.2. The Morgan fingerprint density at radius 2 is 1.06 bits per heavy atom. The van der Waals surface area contributed by atoms with E-state index in [9.17, 15) is 19.8 Å². The zero-order valence-corrected chi connectivity index (χ0v) is 38.3. The molecule has 0 bridgehead atoms. The number of alkyl halides is 1. The Kier molecular flexibility index (Phi) is 16.6. The second kappa shape index (κ2) is 22.3. The molecule has 0 amide bonds. The molecule has 0 spiro atoms. The van der Waals surface area contributed by atoms with Gasteiger partial charge in [0, 0.05) is 49.3 Å². The molecule has 2 saturated heterocycles. The molecule has 63 heavy (non-hydrogen) atoms. The molecule has 328 valence electrons. The van der Waals surface area contributed by atoms with Crippen molar-refractivity contribution in [3.8, 4) is 11.5 Å². The Balaban J connectivity index is 0.000000176. The summed E-state index contributed by atoms with van der Waals surface area (Å²) in [7, 11) is 3.60. The van der Waals surface area contributed by atoms with Crippen molar-refractivity contribution >= 4 is 28.5 Å². The van der Waals surface area contributed by atoms with Crippen LogP contribution in [0.2, 0.25) is 0 Å². The molecule has 0 saturated carbocycles. The highest BCUT2D eigenvalue weighted by atomic mass is 79.9. The molecule has 2 heterocycles. The van der Waals surface area contributed by atoms with E-state index >= 15 is 0 Å². The van der Waals surface area contributed by atoms with Crippen LogP contribution in [0.3, 0.4) is 0 Å². The Morgan fingerprint density at radius 3 is 1.46 bits per heavy atom. The number of carbonyl (C=O) groups excluding carboxylic acids is 2. The van der Waals surface area contributed by atoms with E-state index in [1.54, 1.807) is 19.2 Å². The predicted octanol–water partition coefficient (Wildman–Crippen LogP) is 10.8. The predicted molar refractivity (Wildman–Crippen MR) is 255 cm³/mol. The van der Waals surface area contributed by atoms with Crippen LogP contribution >= 0.6 is 15.9 Å². The van der Waals surface area contributed by atoms with Gasteiger partial charge in [-0.25, -0.2) is 0 Å². The lowest BCUT2D eigenvalue weighted by atomic mass is 9.78. The van der Waals surface area contributed by atoms with E-state index < -0.39 is 11.2 Å². The van der Waals surface area contributed by atoms with Gasteiger partial charge in [0.25, 0.3) is 0 Å². The fourth-order valence-corrected chi connectivity index (χ4v) is 9.94. The third-order valence-electron chi connectivity index (χ3n) is 12.3. The van der Waals surface area contributed by atoms with Crippen molar-refractivity contribution in [3.63, 3.8) is 0 Å². The Morgan fingerprint density at radius 1 is 0.635 bits per heavy atom. The number of benzene rings is 6. The molecule has 0 aromatic heterocycles. The summed E-state index contributed by atoms with van der Waals surface area (Å²) in [4.78, 5) is 24.3. The van der Waals surface area contributed by atoms with Crippen LogP contribution in [0.1, 0.15) is 90.9 Å². The van der Waals surface area contributed by atoms with Crippen molar-refractivity contribution in [2.24, 2.45) is 0 Å². The Bertz CT molecular complexity index is 2290. The van der Waals surface area contributed by atoms with Gasteiger partial charge in [-0.05, 0) is 98.1 Å². The summed E-state index contributed by atoms with van der Waals surface area (Å²) in [5, 5.41) is 24.3. The van der Waals surface area contributed by atoms with Gasteiger partial charge in [-0.1, -0.05) is 149 Å². The van der Waals surface area contributed by atoms with Gasteiger partial charge < -0.3 is 25.0 Å². The SMILES string of the molecule is COC(c1ccccc1)(c1ccccc1)[C@@H]1CCCN1.COC(c1ccccc1)(c1ccccc1)[C@@H]1CCCN1Cc1cc(C)cc(C=O)c1O.Cc1cc(C=O)c(O)c(CBr)c1. The highest BCUT2D eigenvalue weighted by Gasteiger charge is 2.47. The van der Waals surface area contributed by atoms with E-state index in [1.807, 2.05) is 69.5 Å². The van der Waals surface area contributed by atoms with Crippen molar-refractivity contribution in [2.75, 3.05) is 27.3 Å². The maximum atomic E-state index is 11.4. The summed E-state index contributed by atoms with van der Waals surface area (Å²) in [5.41, 5.74) is 7.78. The molecule has 3 N–H and O–H groups in total. The molecular weight excluding hydrogens is 853 g/mol. The third kappa shape index (κ3) is 10.4. The van der Waals surface area contributed by atoms with Crippen molar-refractivity contribution in [1.29, 1.82) is 0 Å². The molecule has 2 aliphatic rings. The van der Waals surface area contributed by atoms with Crippen LogP contribution in [0.25, 0.3) is 0 Å². The van der Waals surface area contributed by atoms with Crippen molar-refractivity contribution in [1.82, 2.24) is 10.2 Å². The van der Waals surface area contributed by atoms with E-state index in [2.05, 4.69) is 111 Å². The number of ether oxygens (including phenoxy) is 2. The smallest absolute Gasteiger partial charge is 0.153 e. The number of hydrogen-bond acceptors (Lipinski definition) is 8. The Labute approximate surface area is 381 Å². The van der Waals surface area contributed by atoms with E-state index in [0.717, 1.165) is 72.0 Å². The van der Waals surface area contributed by atoms with Gasteiger partial charge in [-0.2, -0.15) is 0 Å². The molecule has 2 aliphatic heterocycles. The highest BCUT2D eigenvalue weighted by molar-refractivity contribution is 9.08. The summed E-state index contributed by atoms with van der Waals surface area (Å²) >= 11 is 3.23. The fourth-order valence-electron chi connectivity index (χ4n) is 9.51. The first-order valence-electron chi connectivity index (χ1n) is 21.6. The first-order valence-corrected chi connectivity index (χ1v) is 22.7. The molecule has 9 heteroatoms. The van der Waals surface area contributed by atoms with Crippen LogP contribution in [0.4, 0.5) is 0 Å². The van der Waals surface area contributed by atoms with Gasteiger partial charge in [0.1, 0.15) is 22.7 Å². The lowest BCUT2D eigenvalue weighted by Crippen LogP contribution is -2.49. The molecular formula is C54H59BrN2O6. The number of phenolic OH excluding ortho intramolecular Hbond substituents is 2. The lowest BCUT2D eigenvalue weighted by Gasteiger charge is -2.43. The van der Waals surface area contributed by atoms with Gasteiger partial charge >= 0.3 is 0 Å². The third-order valence-corrected chi connectivity index (χ3v) is 12.9. The molecule has 0 radical (unpaired) electrons. The number of hydrogen-bond donors (Lipinski definition) is 3. The van der Waals surface area contributed by atoms with Crippen molar-refractivity contribution in [2.45, 2.75) is 74.7 Å². The quantitative estimate of drug-likeness (QED) is 0.0777. The van der Waals surface area contributed by atoms with Gasteiger partial charge in [-0.15, -0.1) is 0 Å². The zero-order valence-electron chi connectivity index (χ0n) is 36.7. The average Bonchev–Trinajstić information content (AvgIpc) is 4.05.